The van der Waals surface area contributed by atoms with Crippen LogP contribution >= 0.6 is 0 Å². The monoisotopic (exact) mass is 262 g/mol. The number of carbonyl (C=O) groups excluding carboxylic acids is 1. The Balaban J connectivity index is 1.93. The molecule has 1 amide bonds. The molecule has 0 aliphatic carbocycles. The highest BCUT2D eigenvalue weighted by Crippen LogP contribution is 2.22. The molecule has 0 spiro atoms. The van der Waals surface area contributed by atoms with Crippen molar-refractivity contribution in [2.24, 2.45) is 5.92 Å². The molecule has 0 bridgehead atoms. The molecule has 1 unspecified atom stereocenters. The van der Waals surface area contributed by atoms with Crippen LogP contribution in [-0.2, 0) is 4.79 Å². The van der Waals surface area contributed by atoms with E-state index in [1.807, 2.05) is 13.0 Å². The molecule has 1 fully saturated rings. The van der Waals surface area contributed by atoms with Crippen LogP contribution in [0.4, 0.5) is 0 Å². The number of likely N-dealkylation sites (tertiary alicyclic amines) is 1. The van der Waals surface area contributed by atoms with E-state index in [2.05, 4.69) is 4.98 Å². The molecule has 0 saturated carbocycles. The van der Waals surface area contributed by atoms with Crippen molar-refractivity contribution in [3.63, 3.8) is 0 Å². The highest BCUT2D eigenvalue weighted by molar-refractivity contribution is 5.94. The zero-order valence-electron chi connectivity index (χ0n) is 11.0. The van der Waals surface area contributed by atoms with E-state index in [-0.39, 0.29) is 12.3 Å². The minimum Gasteiger partial charge on any atom is -0.481 e. The third kappa shape index (κ3) is 3.53. The predicted octanol–water partition coefficient (Wildman–Crippen LogP) is 1.72. The Bertz CT molecular complexity index is 487. The van der Waals surface area contributed by atoms with Crippen molar-refractivity contribution in [1.82, 2.24) is 9.88 Å². The lowest BCUT2D eigenvalue weighted by Crippen LogP contribution is -2.28. The van der Waals surface area contributed by atoms with Gasteiger partial charge in [0.05, 0.1) is 5.56 Å². The molecule has 2 rings (SSSR count). The number of nitrogens with zero attached hydrogens (tertiary/aromatic N) is 2. The lowest BCUT2D eigenvalue weighted by Gasteiger charge is -2.16. The summed E-state index contributed by atoms with van der Waals surface area (Å²) < 4.78 is 0. The molecule has 1 saturated heterocycles. The maximum Gasteiger partial charge on any atom is 0.303 e. The first kappa shape index (κ1) is 13.5. The summed E-state index contributed by atoms with van der Waals surface area (Å²) in [6, 6.07) is 1.83. The highest BCUT2D eigenvalue weighted by Gasteiger charge is 2.27. The summed E-state index contributed by atoms with van der Waals surface area (Å²) in [5.74, 6) is -0.473. The molecule has 2 heterocycles. The summed E-state index contributed by atoms with van der Waals surface area (Å²) in [7, 11) is 0. The number of hydrogen-bond acceptors (Lipinski definition) is 3. The number of rotatable bonds is 4. The molecule has 1 aliphatic heterocycles. The van der Waals surface area contributed by atoms with Gasteiger partial charge < -0.3 is 10.0 Å². The molecule has 1 N–H and O–H groups in total. The number of pyridine rings is 1. The molecule has 5 nitrogen and oxygen atoms in total. The highest BCUT2D eigenvalue weighted by atomic mass is 16.4. The second-order valence-corrected chi connectivity index (χ2v) is 5.09. The first-order chi connectivity index (χ1) is 9.06. The van der Waals surface area contributed by atoms with Crippen LogP contribution in [-0.4, -0.2) is 40.0 Å². The van der Waals surface area contributed by atoms with E-state index in [0.717, 1.165) is 12.0 Å². The molecule has 5 heteroatoms. The smallest absolute Gasteiger partial charge is 0.303 e. The Morgan fingerprint density at radius 1 is 1.47 bits per heavy atom. The lowest BCUT2D eigenvalue weighted by molar-refractivity contribution is -0.137. The Kier molecular flexibility index (Phi) is 4.14. The van der Waals surface area contributed by atoms with Gasteiger partial charge in [-0.25, -0.2) is 0 Å². The fourth-order valence-electron chi connectivity index (χ4n) is 2.43. The topological polar surface area (TPSA) is 70.5 Å². The number of carboxylic acids is 1. The van der Waals surface area contributed by atoms with Crippen molar-refractivity contribution in [3.05, 3.63) is 29.6 Å². The van der Waals surface area contributed by atoms with Gasteiger partial charge in [-0.2, -0.15) is 0 Å². The zero-order valence-corrected chi connectivity index (χ0v) is 11.0. The van der Waals surface area contributed by atoms with Crippen LogP contribution in [0.3, 0.4) is 0 Å². The van der Waals surface area contributed by atoms with E-state index < -0.39 is 5.97 Å². The van der Waals surface area contributed by atoms with Crippen molar-refractivity contribution in [3.8, 4) is 0 Å². The largest absolute Gasteiger partial charge is 0.481 e. The molecule has 19 heavy (non-hydrogen) atoms. The second kappa shape index (κ2) is 5.82. The summed E-state index contributed by atoms with van der Waals surface area (Å²) in [5.41, 5.74) is 1.58. The molecule has 0 radical (unpaired) electrons. The number of aliphatic carboxylic acids is 1. The number of aromatic nitrogens is 1. The Hall–Kier alpha value is -1.91. The predicted molar refractivity (Wildman–Crippen MR) is 69.9 cm³/mol. The number of carboxylic acid groups (broad SMARTS) is 1. The van der Waals surface area contributed by atoms with Crippen molar-refractivity contribution in [2.45, 2.75) is 26.2 Å². The third-order valence-electron chi connectivity index (χ3n) is 3.46. The number of hydrogen-bond donors (Lipinski definition) is 1. The fourth-order valence-corrected chi connectivity index (χ4v) is 2.43. The van der Waals surface area contributed by atoms with Crippen molar-refractivity contribution < 1.29 is 14.7 Å². The van der Waals surface area contributed by atoms with Gasteiger partial charge in [-0.05, 0) is 37.3 Å². The van der Waals surface area contributed by atoms with Crippen molar-refractivity contribution >= 4 is 11.9 Å². The van der Waals surface area contributed by atoms with E-state index in [9.17, 15) is 9.59 Å². The Morgan fingerprint density at radius 2 is 2.26 bits per heavy atom. The van der Waals surface area contributed by atoms with E-state index >= 15 is 0 Å². The van der Waals surface area contributed by atoms with Crippen LogP contribution in [0.1, 0.15) is 35.2 Å². The Labute approximate surface area is 112 Å². The van der Waals surface area contributed by atoms with E-state index in [0.29, 0.717) is 31.0 Å². The van der Waals surface area contributed by atoms with Gasteiger partial charge in [0.25, 0.3) is 5.91 Å². The van der Waals surface area contributed by atoms with Crippen LogP contribution in [0, 0.1) is 12.8 Å². The van der Waals surface area contributed by atoms with Gasteiger partial charge in [-0.15, -0.1) is 0 Å². The number of aryl methyl sites for hydroxylation is 1. The lowest BCUT2D eigenvalue weighted by atomic mass is 10.0. The van der Waals surface area contributed by atoms with Crippen LogP contribution in [0.5, 0.6) is 0 Å². The third-order valence-corrected chi connectivity index (χ3v) is 3.46. The summed E-state index contributed by atoms with van der Waals surface area (Å²) in [4.78, 5) is 28.6. The molecule has 1 atom stereocenters. The van der Waals surface area contributed by atoms with E-state index in [1.54, 1.807) is 17.3 Å². The summed E-state index contributed by atoms with van der Waals surface area (Å²) in [6.45, 7) is 3.26. The zero-order chi connectivity index (χ0) is 13.8. The molecule has 0 aromatic carbocycles. The summed E-state index contributed by atoms with van der Waals surface area (Å²) >= 11 is 0. The molecule has 1 aromatic rings. The van der Waals surface area contributed by atoms with Crippen molar-refractivity contribution in [2.75, 3.05) is 13.1 Å². The maximum atomic E-state index is 12.3. The second-order valence-electron chi connectivity index (χ2n) is 5.09. The van der Waals surface area contributed by atoms with Crippen LogP contribution in [0.2, 0.25) is 0 Å². The molecular weight excluding hydrogens is 244 g/mol. The van der Waals surface area contributed by atoms with Gasteiger partial charge >= 0.3 is 5.97 Å². The normalized spacial score (nSPS) is 18.6. The Morgan fingerprint density at radius 3 is 2.95 bits per heavy atom. The van der Waals surface area contributed by atoms with Gasteiger partial charge in [0, 0.05) is 31.9 Å². The average Bonchev–Trinajstić information content (AvgIpc) is 2.84. The van der Waals surface area contributed by atoms with Gasteiger partial charge in [-0.1, -0.05) is 0 Å². The molecule has 102 valence electrons. The molecular formula is C14H18N2O3. The number of amides is 1. The van der Waals surface area contributed by atoms with E-state index in [1.165, 1.54) is 0 Å². The first-order valence-electron chi connectivity index (χ1n) is 6.49. The van der Waals surface area contributed by atoms with E-state index in [4.69, 9.17) is 5.11 Å². The maximum absolute atomic E-state index is 12.3. The van der Waals surface area contributed by atoms with Gasteiger partial charge in [0.15, 0.2) is 0 Å². The molecule has 1 aromatic heterocycles. The molecule has 1 aliphatic rings. The van der Waals surface area contributed by atoms with Crippen LogP contribution < -0.4 is 0 Å². The fraction of sp³-hybridized carbons (Fsp3) is 0.500. The SMILES string of the molecule is Cc1cncc(C(=O)N2CCC(CCC(=O)O)C2)c1. The van der Waals surface area contributed by atoms with Gasteiger partial charge in [0.2, 0.25) is 0 Å². The average molecular weight is 262 g/mol. The van der Waals surface area contributed by atoms with Crippen LogP contribution in [0.15, 0.2) is 18.5 Å². The summed E-state index contributed by atoms with van der Waals surface area (Å²) in [6.07, 6.45) is 5.01. The standard InChI is InChI=1S/C14H18N2O3/c1-10-6-12(8-15-7-10)14(19)16-5-4-11(9-16)2-3-13(17)18/h6-8,11H,2-5,9H2,1H3,(H,17,18). The van der Waals surface area contributed by atoms with Crippen molar-refractivity contribution in [1.29, 1.82) is 0 Å². The first-order valence-corrected chi connectivity index (χ1v) is 6.49. The van der Waals surface area contributed by atoms with Crippen LogP contribution in [0.25, 0.3) is 0 Å². The summed E-state index contributed by atoms with van der Waals surface area (Å²) in [5, 5.41) is 8.67. The quantitative estimate of drug-likeness (QED) is 0.896. The van der Waals surface area contributed by atoms with Gasteiger partial charge in [-0.3, -0.25) is 14.6 Å². The number of carbonyl (C=O) groups is 2. The van der Waals surface area contributed by atoms with Gasteiger partial charge in [0.1, 0.15) is 0 Å². The minimum atomic E-state index is -0.771. The minimum absolute atomic E-state index is 0.00553.